The lowest BCUT2D eigenvalue weighted by atomic mass is 10.1. The summed E-state index contributed by atoms with van der Waals surface area (Å²) in [6, 6.07) is 11.5. The molecule has 0 bridgehead atoms. The number of para-hydroxylation sites is 1. The maximum atomic E-state index is 13.0. The van der Waals surface area contributed by atoms with Crippen LogP contribution in [-0.2, 0) is 4.74 Å². The van der Waals surface area contributed by atoms with Crippen molar-refractivity contribution in [1.29, 1.82) is 0 Å². The van der Waals surface area contributed by atoms with Gasteiger partial charge in [-0.25, -0.2) is 0 Å². The molecule has 0 radical (unpaired) electrons. The zero-order valence-electron chi connectivity index (χ0n) is 13.1. The first kappa shape index (κ1) is 14.3. The molecule has 1 saturated heterocycles. The van der Waals surface area contributed by atoms with E-state index in [9.17, 15) is 4.79 Å². The van der Waals surface area contributed by atoms with Gasteiger partial charge in [-0.05, 0) is 44.0 Å². The molecule has 1 amide bonds. The van der Waals surface area contributed by atoms with E-state index in [1.54, 1.807) is 0 Å². The summed E-state index contributed by atoms with van der Waals surface area (Å²) < 4.78 is 11.5. The summed E-state index contributed by atoms with van der Waals surface area (Å²) in [7, 11) is 0. The van der Waals surface area contributed by atoms with E-state index in [1.807, 2.05) is 48.2 Å². The van der Waals surface area contributed by atoms with E-state index >= 15 is 0 Å². The number of nitrogens with zero attached hydrogens (tertiary/aromatic N) is 1. The molecule has 5 heteroatoms. The second-order valence-electron chi connectivity index (χ2n) is 6.13. The zero-order valence-corrected chi connectivity index (χ0v) is 13.1. The molecule has 3 heterocycles. The average Bonchev–Trinajstić information content (AvgIpc) is 3.21. The number of hydrogen-bond acceptors (Lipinski definition) is 4. The first-order valence-electron chi connectivity index (χ1n) is 8.07. The van der Waals surface area contributed by atoms with Gasteiger partial charge in [0.15, 0.2) is 6.17 Å². The van der Waals surface area contributed by atoms with Crippen molar-refractivity contribution in [2.24, 2.45) is 0 Å². The van der Waals surface area contributed by atoms with Gasteiger partial charge in [0.05, 0.1) is 11.7 Å². The second-order valence-corrected chi connectivity index (χ2v) is 6.13. The standard InChI is InChI=1S/C18H20N2O3/c1-12-8-9-16(23-12)17-19-15-7-3-2-6-14(15)18(21)20(17)11-13-5-4-10-22-13/h2-3,6-9,13,17,19H,4-5,10-11H2,1H3/t13-,17+/m0/s1. The van der Waals surface area contributed by atoms with Gasteiger partial charge in [-0.2, -0.15) is 0 Å². The molecule has 0 spiro atoms. The summed E-state index contributed by atoms with van der Waals surface area (Å²) in [6.45, 7) is 3.26. The summed E-state index contributed by atoms with van der Waals surface area (Å²) in [5.74, 6) is 1.61. The van der Waals surface area contributed by atoms with Crippen molar-refractivity contribution >= 4 is 11.6 Å². The number of hydrogen-bond donors (Lipinski definition) is 1. The number of benzene rings is 1. The van der Waals surface area contributed by atoms with Crippen LogP contribution in [0.25, 0.3) is 0 Å². The molecule has 2 aromatic rings. The van der Waals surface area contributed by atoms with E-state index in [0.717, 1.165) is 36.7 Å². The highest BCUT2D eigenvalue weighted by molar-refractivity contribution is 6.01. The Labute approximate surface area is 135 Å². The molecule has 2 atom stereocenters. The predicted octanol–water partition coefficient (Wildman–Crippen LogP) is 3.33. The number of fused-ring (bicyclic) bond motifs is 1. The van der Waals surface area contributed by atoms with Crippen LogP contribution in [0.2, 0.25) is 0 Å². The maximum Gasteiger partial charge on any atom is 0.258 e. The van der Waals surface area contributed by atoms with E-state index in [4.69, 9.17) is 9.15 Å². The number of aryl methyl sites for hydroxylation is 1. The van der Waals surface area contributed by atoms with Gasteiger partial charge in [-0.1, -0.05) is 12.1 Å². The summed E-state index contributed by atoms with van der Waals surface area (Å²) in [5, 5.41) is 3.44. The largest absolute Gasteiger partial charge is 0.462 e. The Kier molecular flexibility index (Phi) is 3.58. The first-order valence-corrected chi connectivity index (χ1v) is 8.07. The maximum absolute atomic E-state index is 13.0. The molecule has 0 aliphatic carbocycles. The molecule has 4 rings (SSSR count). The number of nitrogens with one attached hydrogen (secondary N) is 1. The van der Waals surface area contributed by atoms with Crippen LogP contribution < -0.4 is 5.32 Å². The van der Waals surface area contributed by atoms with Gasteiger partial charge in [0, 0.05) is 18.8 Å². The monoisotopic (exact) mass is 312 g/mol. The van der Waals surface area contributed by atoms with Crippen molar-refractivity contribution in [3.63, 3.8) is 0 Å². The Balaban J connectivity index is 1.70. The number of ether oxygens (including phenoxy) is 1. The molecule has 1 N–H and O–H groups in total. The van der Waals surface area contributed by atoms with Gasteiger partial charge in [-0.3, -0.25) is 4.79 Å². The summed E-state index contributed by atoms with van der Waals surface area (Å²) in [5.41, 5.74) is 1.55. The molecule has 1 fully saturated rings. The van der Waals surface area contributed by atoms with Gasteiger partial charge < -0.3 is 19.4 Å². The van der Waals surface area contributed by atoms with Crippen molar-refractivity contribution in [2.45, 2.75) is 32.0 Å². The quantitative estimate of drug-likeness (QED) is 0.944. The fourth-order valence-corrected chi connectivity index (χ4v) is 3.31. The van der Waals surface area contributed by atoms with Crippen LogP contribution in [0.5, 0.6) is 0 Å². The lowest BCUT2D eigenvalue weighted by molar-refractivity contribution is 0.0401. The van der Waals surface area contributed by atoms with Gasteiger partial charge in [-0.15, -0.1) is 0 Å². The van der Waals surface area contributed by atoms with E-state index in [2.05, 4.69) is 5.32 Å². The highest BCUT2D eigenvalue weighted by atomic mass is 16.5. The van der Waals surface area contributed by atoms with Gasteiger partial charge in [0.25, 0.3) is 5.91 Å². The molecule has 2 aliphatic rings. The molecule has 23 heavy (non-hydrogen) atoms. The van der Waals surface area contributed by atoms with Crippen LogP contribution in [0.1, 0.15) is 40.9 Å². The van der Waals surface area contributed by atoms with Crippen molar-refractivity contribution in [2.75, 3.05) is 18.5 Å². The van der Waals surface area contributed by atoms with Crippen molar-refractivity contribution in [3.05, 3.63) is 53.5 Å². The third-order valence-corrected chi connectivity index (χ3v) is 4.48. The number of rotatable bonds is 3. The number of carbonyl (C=O) groups is 1. The Morgan fingerprint density at radius 2 is 2.13 bits per heavy atom. The third-order valence-electron chi connectivity index (χ3n) is 4.48. The Morgan fingerprint density at radius 1 is 1.26 bits per heavy atom. The van der Waals surface area contributed by atoms with Crippen LogP contribution in [0.4, 0.5) is 5.69 Å². The lowest BCUT2D eigenvalue weighted by Gasteiger charge is -2.37. The van der Waals surface area contributed by atoms with Gasteiger partial charge in [0.1, 0.15) is 11.5 Å². The fraction of sp³-hybridized carbons (Fsp3) is 0.389. The van der Waals surface area contributed by atoms with Gasteiger partial charge >= 0.3 is 0 Å². The minimum absolute atomic E-state index is 0.0221. The second kappa shape index (κ2) is 5.74. The van der Waals surface area contributed by atoms with E-state index in [0.29, 0.717) is 12.1 Å². The molecule has 1 aromatic carbocycles. The minimum Gasteiger partial charge on any atom is -0.462 e. The molecule has 0 unspecified atom stereocenters. The lowest BCUT2D eigenvalue weighted by Crippen LogP contribution is -2.46. The molecule has 5 nitrogen and oxygen atoms in total. The van der Waals surface area contributed by atoms with Gasteiger partial charge in [0.2, 0.25) is 0 Å². The van der Waals surface area contributed by atoms with Crippen molar-refractivity contribution < 1.29 is 13.9 Å². The average molecular weight is 312 g/mol. The van der Waals surface area contributed by atoms with Crippen LogP contribution in [0.3, 0.4) is 0 Å². The molecule has 0 saturated carbocycles. The Morgan fingerprint density at radius 3 is 2.87 bits per heavy atom. The summed E-state index contributed by atoms with van der Waals surface area (Å²) >= 11 is 0. The Bertz CT molecular complexity index is 719. The highest BCUT2D eigenvalue weighted by Gasteiger charge is 2.36. The number of anilines is 1. The normalized spacial score (nSPS) is 23.7. The van der Waals surface area contributed by atoms with E-state index in [-0.39, 0.29) is 18.2 Å². The summed E-state index contributed by atoms with van der Waals surface area (Å²) in [6.07, 6.45) is 1.86. The third kappa shape index (κ3) is 2.61. The predicted molar refractivity (Wildman–Crippen MR) is 86.3 cm³/mol. The molecular formula is C18H20N2O3. The molecule has 2 aliphatic heterocycles. The smallest absolute Gasteiger partial charge is 0.258 e. The minimum atomic E-state index is -0.296. The Hall–Kier alpha value is -2.27. The number of carbonyl (C=O) groups excluding carboxylic acids is 1. The van der Waals surface area contributed by atoms with Crippen LogP contribution in [0.15, 0.2) is 40.8 Å². The number of furan rings is 1. The SMILES string of the molecule is Cc1ccc([C@@H]2Nc3ccccc3C(=O)N2C[C@@H]2CCCO2)o1. The summed E-state index contributed by atoms with van der Waals surface area (Å²) in [4.78, 5) is 14.8. The fourth-order valence-electron chi connectivity index (χ4n) is 3.31. The van der Waals surface area contributed by atoms with Crippen molar-refractivity contribution in [3.8, 4) is 0 Å². The molecule has 1 aromatic heterocycles. The van der Waals surface area contributed by atoms with E-state index in [1.165, 1.54) is 0 Å². The van der Waals surface area contributed by atoms with Crippen molar-refractivity contribution in [1.82, 2.24) is 4.90 Å². The number of amides is 1. The van der Waals surface area contributed by atoms with Crippen LogP contribution in [-0.4, -0.2) is 30.1 Å². The topological polar surface area (TPSA) is 54.7 Å². The molecular weight excluding hydrogens is 292 g/mol. The van der Waals surface area contributed by atoms with Crippen LogP contribution in [0, 0.1) is 6.92 Å². The first-order chi connectivity index (χ1) is 11.2. The van der Waals surface area contributed by atoms with E-state index < -0.39 is 0 Å². The highest BCUT2D eigenvalue weighted by Crippen LogP contribution is 2.34. The molecule has 120 valence electrons. The zero-order chi connectivity index (χ0) is 15.8. The van der Waals surface area contributed by atoms with Crippen LogP contribution >= 0.6 is 0 Å².